The number of benzene rings is 3. The maximum atomic E-state index is 15.0. The van der Waals surface area contributed by atoms with E-state index >= 15 is 8.78 Å². The number of allylic oxidation sites excluding steroid dienone is 1. The Balaban J connectivity index is 1.54. The number of carbonyl (C=O) groups is 1. The SMILES string of the molecule is C=C(Cc1ccc(SCC)cc1)Nc1ccc2c(c1)C(F)(F)C(=O)N2C(C)c1cccc(Cl)c1. The van der Waals surface area contributed by atoms with Gasteiger partial charge < -0.3 is 5.32 Å². The number of nitrogens with zero attached hydrogens (tertiary/aromatic N) is 1. The van der Waals surface area contributed by atoms with Crippen LogP contribution in [0.2, 0.25) is 5.02 Å². The summed E-state index contributed by atoms with van der Waals surface area (Å²) < 4.78 is 30.1. The predicted octanol–water partition coefficient (Wildman–Crippen LogP) is 7.82. The number of alkyl halides is 2. The summed E-state index contributed by atoms with van der Waals surface area (Å²) in [5.41, 5.74) is 2.77. The summed E-state index contributed by atoms with van der Waals surface area (Å²) in [6.45, 7) is 7.87. The zero-order valence-corrected chi connectivity index (χ0v) is 20.5. The van der Waals surface area contributed by atoms with Crippen LogP contribution in [0.15, 0.2) is 83.9 Å². The van der Waals surface area contributed by atoms with Crippen molar-refractivity contribution in [2.75, 3.05) is 16.0 Å². The first-order valence-electron chi connectivity index (χ1n) is 11.0. The maximum Gasteiger partial charge on any atom is 0.352 e. The Labute approximate surface area is 207 Å². The first kappa shape index (κ1) is 24.3. The van der Waals surface area contributed by atoms with Gasteiger partial charge >= 0.3 is 11.8 Å². The highest BCUT2D eigenvalue weighted by Gasteiger charge is 2.54. The number of nitrogens with one attached hydrogen (secondary N) is 1. The molecule has 0 saturated carbocycles. The number of rotatable bonds is 8. The molecular formula is C27H25ClF2N2OS. The third kappa shape index (κ3) is 4.84. The Morgan fingerprint density at radius 1 is 1.15 bits per heavy atom. The molecule has 0 bridgehead atoms. The van der Waals surface area contributed by atoms with Gasteiger partial charge in [-0.15, -0.1) is 11.8 Å². The average Bonchev–Trinajstić information content (AvgIpc) is 3.00. The van der Waals surface area contributed by atoms with Gasteiger partial charge in [-0.25, -0.2) is 0 Å². The molecule has 0 saturated heterocycles. The van der Waals surface area contributed by atoms with E-state index in [1.54, 1.807) is 55.1 Å². The van der Waals surface area contributed by atoms with E-state index in [2.05, 4.69) is 31.0 Å². The molecule has 1 atom stereocenters. The molecule has 1 aliphatic heterocycles. The van der Waals surface area contributed by atoms with Gasteiger partial charge in [-0.1, -0.05) is 49.4 Å². The van der Waals surface area contributed by atoms with Crippen LogP contribution in [0.1, 0.15) is 36.6 Å². The van der Waals surface area contributed by atoms with Gasteiger partial charge in [0.15, 0.2) is 0 Å². The summed E-state index contributed by atoms with van der Waals surface area (Å²) in [5.74, 6) is -3.85. The van der Waals surface area contributed by atoms with Gasteiger partial charge in [0.2, 0.25) is 0 Å². The summed E-state index contributed by atoms with van der Waals surface area (Å²) in [6, 6.07) is 19.1. The lowest BCUT2D eigenvalue weighted by Crippen LogP contribution is -2.36. The largest absolute Gasteiger partial charge is 0.359 e. The van der Waals surface area contributed by atoms with Crippen molar-refractivity contribution in [1.29, 1.82) is 0 Å². The van der Waals surface area contributed by atoms with Crippen molar-refractivity contribution in [3.8, 4) is 0 Å². The third-order valence-electron chi connectivity index (χ3n) is 5.77. The van der Waals surface area contributed by atoms with Crippen molar-refractivity contribution in [2.24, 2.45) is 0 Å². The summed E-state index contributed by atoms with van der Waals surface area (Å²) in [7, 11) is 0. The van der Waals surface area contributed by atoms with E-state index in [1.807, 2.05) is 12.1 Å². The van der Waals surface area contributed by atoms with E-state index in [4.69, 9.17) is 11.6 Å². The Bertz CT molecular complexity index is 1230. The molecular weight excluding hydrogens is 474 g/mol. The quantitative estimate of drug-likeness (QED) is 0.321. The molecule has 0 aliphatic carbocycles. The van der Waals surface area contributed by atoms with Gasteiger partial charge in [0.05, 0.1) is 17.3 Å². The van der Waals surface area contributed by atoms with Gasteiger partial charge in [-0.05, 0) is 66.3 Å². The van der Waals surface area contributed by atoms with Gasteiger partial charge in [0, 0.05) is 27.7 Å². The zero-order chi connectivity index (χ0) is 24.5. The number of halogens is 3. The first-order chi connectivity index (χ1) is 16.2. The standard InChI is InChI=1S/C27H25ClF2N2OS/c1-4-34-23-11-8-19(9-12-23)14-17(2)31-22-10-13-25-24(16-22)27(29,30)26(33)32(25)18(3)20-6-5-7-21(28)15-20/h5-13,15-16,18,31H,2,4,14H2,1,3H3. The lowest BCUT2D eigenvalue weighted by atomic mass is 10.1. The van der Waals surface area contributed by atoms with Crippen LogP contribution in [0.5, 0.6) is 0 Å². The number of amides is 1. The molecule has 3 aromatic carbocycles. The highest BCUT2D eigenvalue weighted by molar-refractivity contribution is 7.99. The van der Waals surface area contributed by atoms with Crippen LogP contribution in [0.3, 0.4) is 0 Å². The molecule has 7 heteroatoms. The van der Waals surface area contributed by atoms with Crippen molar-refractivity contribution < 1.29 is 13.6 Å². The van der Waals surface area contributed by atoms with Crippen molar-refractivity contribution >= 4 is 40.6 Å². The zero-order valence-electron chi connectivity index (χ0n) is 18.9. The van der Waals surface area contributed by atoms with E-state index in [0.29, 0.717) is 28.4 Å². The fourth-order valence-electron chi connectivity index (χ4n) is 4.12. The molecule has 34 heavy (non-hydrogen) atoms. The summed E-state index contributed by atoms with van der Waals surface area (Å²) in [6.07, 6.45) is 0.557. The molecule has 0 radical (unpaired) electrons. The highest BCUT2D eigenvalue weighted by atomic mass is 35.5. The molecule has 1 heterocycles. The van der Waals surface area contributed by atoms with Crippen molar-refractivity contribution in [3.63, 3.8) is 0 Å². The second-order valence-electron chi connectivity index (χ2n) is 8.19. The van der Waals surface area contributed by atoms with E-state index in [1.165, 1.54) is 11.0 Å². The van der Waals surface area contributed by atoms with E-state index in [0.717, 1.165) is 16.2 Å². The minimum atomic E-state index is -3.62. The molecule has 1 N–H and O–H groups in total. The molecule has 1 unspecified atom stereocenters. The van der Waals surface area contributed by atoms with Crippen molar-refractivity contribution in [1.82, 2.24) is 0 Å². The number of thioether (sulfide) groups is 1. The third-order valence-corrected chi connectivity index (χ3v) is 6.90. The lowest BCUT2D eigenvalue weighted by Gasteiger charge is -2.26. The van der Waals surface area contributed by atoms with Crippen LogP contribution >= 0.6 is 23.4 Å². The number of fused-ring (bicyclic) bond motifs is 1. The van der Waals surface area contributed by atoms with Crippen molar-refractivity contribution in [2.45, 2.75) is 37.1 Å². The number of anilines is 2. The highest BCUT2D eigenvalue weighted by Crippen LogP contribution is 2.48. The monoisotopic (exact) mass is 498 g/mol. The number of hydrogen-bond donors (Lipinski definition) is 1. The van der Waals surface area contributed by atoms with Crippen LogP contribution in [-0.4, -0.2) is 11.7 Å². The second-order valence-corrected chi connectivity index (χ2v) is 9.97. The maximum absolute atomic E-state index is 15.0. The van der Waals surface area contributed by atoms with Crippen LogP contribution in [0.4, 0.5) is 20.2 Å². The smallest absolute Gasteiger partial charge is 0.352 e. The van der Waals surface area contributed by atoms with Gasteiger partial charge in [0.25, 0.3) is 0 Å². The topological polar surface area (TPSA) is 32.3 Å². The van der Waals surface area contributed by atoms with Crippen LogP contribution in [0, 0.1) is 0 Å². The molecule has 3 aromatic rings. The van der Waals surface area contributed by atoms with E-state index in [9.17, 15) is 4.79 Å². The Morgan fingerprint density at radius 3 is 2.56 bits per heavy atom. The Hall–Kier alpha value is -2.83. The molecule has 4 rings (SSSR count). The molecule has 1 aliphatic rings. The first-order valence-corrected chi connectivity index (χ1v) is 12.3. The fourth-order valence-corrected chi connectivity index (χ4v) is 4.98. The molecule has 0 fully saturated rings. The minimum absolute atomic E-state index is 0.197. The summed E-state index contributed by atoms with van der Waals surface area (Å²) in [5, 5.41) is 3.60. The normalized spacial score (nSPS) is 15.2. The van der Waals surface area contributed by atoms with Crippen LogP contribution < -0.4 is 10.2 Å². The molecule has 0 spiro atoms. The average molecular weight is 499 g/mol. The molecule has 3 nitrogen and oxygen atoms in total. The van der Waals surface area contributed by atoms with Crippen LogP contribution in [0.25, 0.3) is 0 Å². The lowest BCUT2D eigenvalue weighted by molar-refractivity contribution is -0.142. The molecule has 176 valence electrons. The van der Waals surface area contributed by atoms with Crippen LogP contribution in [-0.2, 0) is 17.1 Å². The molecule has 0 aromatic heterocycles. The molecule has 1 amide bonds. The van der Waals surface area contributed by atoms with Gasteiger partial charge in [0.1, 0.15) is 0 Å². The number of hydrogen-bond acceptors (Lipinski definition) is 3. The second kappa shape index (κ2) is 9.80. The van der Waals surface area contributed by atoms with E-state index in [-0.39, 0.29) is 11.3 Å². The Morgan fingerprint density at radius 2 is 1.88 bits per heavy atom. The minimum Gasteiger partial charge on any atom is -0.359 e. The van der Waals surface area contributed by atoms with E-state index < -0.39 is 17.9 Å². The van der Waals surface area contributed by atoms with Gasteiger partial charge in [-0.2, -0.15) is 8.78 Å². The van der Waals surface area contributed by atoms with Gasteiger partial charge in [-0.3, -0.25) is 9.69 Å². The summed E-state index contributed by atoms with van der Waals surface area (Å²) in [4.78, 5) is 15.1. The number of carbonyl (C=O) groups excluding carboxylic acids is 1. The fraction of sp³-hybridized carbons (Fsp3) is 0.222. The summed E-state index contributed by atoms with van der Waals surface area (Å²) >= 11 is 7.84. The Kier molecular flexibility index (Phi) is 7.01. The predicted molar refractivity (Wildman–Crippen MR) is 137 cm³/mol. The van der Waals surface area contributed by atoms with Crippen molar-refractivity contribution in [3.05, 3.63) is 101 Å².